The van der Waals surface area contributed by atoms with E-state index >= 15 is 0 Å². The molecule has 0 radical (unpaired) electrons. The highest BCUT2D eigenvalue weighted by atomic mass is 127. The van der Waals surface area contributed by atoms with Gasteiger partial charge in [-0.25, -0.2) is 0 Å². The third-order valence-corrected chi connectivity index (χ3v) is 4.77. The summed E-state index contributed by atoms with van der Waals surface area (Å²) in [5.41, 5.74) is 0. The third-order valence-electron chi connectivity index (χ3n) is 4.77. The van der Waals surface area contributed by atoms with Crippen LogP contribution in [0.4, 0.5) is 0 Å². The molecule has 2 N–H and O–H groups in total. The van der Waals surface area contributed by atoms with Crippen molar-refractivity contribution in [3.63, 3.8) is 0 Å². The molecule has 2 heterocycles. The Labute approximate surface area is 185 Å². The van der Waals surface area contributed by atoms with Crippen LogP contribution in [0.1, 0.15) is 44.2 Å². The summed E-state index contributed by atoms with van der Waals surface area (Å²) >= 11 is 0. The second-order valence-corrected chi connectivity index (χ2v) is 7.46. The van der Waals surface area contributed by atoms with Gasteiger partial charge in [-0.15, -0.1) is 24.0 Å². The summed E-state index contributed by atoms with van der Waals surface area (Å²) in [5.74, 6) is 2.22. The van der Waals surface area contributed by atoms with Crippen LogP contribution < -0.4 is 5.32 Å². The van der Waals surface area contributed by atoms with Crippen molar-refractivity contribution >= 4 is 35.8 Å². The predicted octanol–water partition coefficient (Wildman–Crippen LogP) is 2.67. The number of aliphatic imine (C=N–C) groups is 1. The zero-order chi connectivity index (χ0) is 19.6. The van der Waals surface area contributed by atoms with E-state index in [4.69, 9.17) is 9.41 Å². The van der Waals surface area contributed by atoms with Crippen molar-refractivity contribution in [2.75, 3.05) is 45.9 Å². The molecular formula is C20H35IN4O3. The van der Waals surface area contributed by atoms with Gasteiger partial charge >= 0.3 is 0 Å². The zero-order valence-electron chi connectivity index (χ0n) is 17.3. The summed E-state index contributed by atoms with van der Waals surface area (Å²) in [6.45, 7) is 11.0. The van der Waals surface area contributed by atoms with Crippen LogP contribution in [0.2, 0.25) is 0 Å². The number of halogens is 1. The number of piperazine rings is 1. The third kappa shape index (κ3) is 7.62. The normalized spacial score (nSPS) is 16.1. The first-order valence-corrected chi connectivity index (χ1v) is 10.0. The van der Waals surface area contributed by atoms with Crippen LogP contribution in [-0.4, -0.2) is 72.6 Å². The fraction of sp³-hybridized carbons (Fsp3) is 0.700. The molecule has 1 aliphatic rings. The number of furan rings is 1. The van der Waals surface area contributed by atoms with Crippen LogP contribution in [0.5, 0.6) is 0 Å². The Morgan fingerprint density at radius 1 is 1.29 bits per heavy atom. The zero-order valence-corrected chi connectivity index (χ0v) is 19.6. The number of nitrogens with one attached hydrogen (secondary N) is 1. The van der Waals surface area contributed by atoms with Crippen LogP contribution in [0.3, 0.4) is 0 Å². The van der Waals surface area contributed by atoms with Gasteiger partial charge in [-0.3, -0.25) is 9.79 Å². The van der Waals surface area contributed by atoms with E-state index in [2.05, 4.69) is 31.0 Å². The first kappa shape index (κ1) is 24.7. The number of hydrogen-bond acceptors (Lipinski definition) is 4. The fourth-order valence-corrected chi connectivity index (χ4v) is 3.45. The van der Waals surface area contributed by atoms with Gasteiger partial charge in [-0.1, -0.05) is 13.8 Å². The minimum atomic E-state index is -0.0541. The summed E-state index contributed by atoms with van der Waals surface area (Å²) in [4.78, 5) is 21.3. The van der Waals surface area contributed by atoms with Crippen molar-refractivity contribution in [1.29, 1.82) is 0 Å². The number of guanidine groups is 1. The van der Waals surface area contributed by atoms with E-state index in [0.717, 1.165) is 38.4 Å². The van der Waals surface area contributed by atoms with Crippen molar-refractivity contribution in [3.05, 3.63) is 24.2 Å². The summed E-state index contributed by atoms with van der Waals surface area (Å²) in [6.07, 6.45) is 3.38. The van der Waals surface area contributed by atoms with Crippen molar-refractivity contribution in [3.8, 4) is 0 Å². The molecule has 1 fully saturated rings. The molecule has 0 saturated carbocycles. The molecule has 8 heteroatoms. The molecule has 1 aromatic rings. The Kier molecular flexibility index (Phi) is 11.5. The number of carbonyl (C=O) groups excluding carboxylic acids is 1. The second-order valence-electron chi connectivity index (χ2n) is 7.46. The van der Waals surface area contributed by atoms with Gasteiger partial charge < -0.3 is 24.6 Å². The largest absolute Gasteiger partial charge is 0.459 e. The van der Waals surface area contributed by atoms with Gasteiger partial charge in [-0.05, 0) is 43.7 Å². The van der Waals surface area contributed by atoms with E-state index in [1.807, 2.05) is 4.90 Å². The molecule has 1 aromatic heterocycles. The van der Waals surface area contributed by atoms with E-state index in [0.29, 0.717) is 37.2 Å². The molecule has 0 aliphatic carbocycles. The quantitative estimate of drug-likeness (QED) is 0.322. The van der Waals surface area contributed by atoms with Crippen LogP contribution in [-0.2, 0) is 0 Å². The maximum atomic E-state index is 12.4. The fourth-order valence-electron chi connectivity index (χ4n) is 3.45. The second kappa shape index (κ2) is 13.0. The maximum absolute atomic E-state index is 12.4. The molecule has 160 valence electrons. The van der Waals surface area contributed by atoms with Gasteiger partial charge in [0, 0.05) is 45.9 Å². The molecule has 1 aliphatic heterocycles. The molecular weight excluding hydrogens is 471 g/mol. The number of aliphatic hydroxyl groups excluding tert-OH is 1. The minimum absolute atomic E-state index is 0. The van der Waals surface area contributed by atoms with Crippen LogP contribution in [0.15, 0.2) is 27.8 Å². The maximum Gasteiger partial charge on any atom is 0.289 e. The lowest BCUT2D eigenvalue weighted by Gasteiger charge is -2.36. The Morgan fingerprint density at radius 2 is 1.96 bits per heavy atom. The van der Waals surface area contributed by atoms with Crippen molar-refractivity contribution in [1.82, 2.24) is 15.1 Å². The summed E-state index contributed by atoms with van der Waals surface area (Å²) in [6, 6.07) is 3.44. The predicted molar refractivity (Wildman–Crippen MR) is 122 cm³/mol. The SMILES string of the molecule is CCNC(=NCC(CCO)CC(C)C)N1CCN(C(=O)c2ccco2)CC1.I. The molecule has 1 saturated heterocycles. The lowest BCUT2D eigenvalue weighted by molar-refractivity contribution is 0.0657. The van der Waals surface area contributed by atoms with E-state index in [-0.39, 0.29) is 36.5 Å². The lowest BCUT2D eigenvalue weighted by atomic mass is 9.94. The van der Waals surface area contributed by atoms with Gasteiger partial charge in [0.2, 0.25) is 0 Å². The average Bonchev–Trinajstić information content (AvgIpc) is 3.19. The average molecular weight is 506 g/mol. The first-order chi connectivity index (χ1) is 13.0. The highest BCUT2D eigenvalue weighted by Gasteiger charge is 2.25. The molecule has 28 heavy (non-hydrogen) atoms. The number of rotatable bonds is 8. The van der Waals surface area contributed by atoms with Crippen molar-refractivity contribution in [2.24, 2.45) is 16.8 Å². The lowest BCUT2D eigenvalue weighted by Crippen LogP contribution is -2.53. The van der Waals surface area contributed by atoms with E-state index in [1.165, 1.54) is 6.26 Å². The molecule has 0 bridgehead atoms. The van der Waals surface area contributed by atoms with Crippen molar-refractivity contribution < 1.29 is 14.3 Å². The van der Waals surface area contributed by atoms with Crippen LogP contribution >= 0.6 is 24.0 Å². The van der Waals surface area contributed by atoms with Gasteiger partial charge in [-0.2, -0.15) is 0 Å². The number of nitrogens with zero attached hydrogens (tertiary/aromatic N) is 3. The van der Waals surface area contributed by atoms with Crippen LogP contribution in [0.25, 0.3) is 0 Å². The standard InChI is InChI=1S/C20H34N4O3.HI/c1-4-21-20(22-15-17(7-12-25)14-16(2)3)24-10-8-23(9-11-24)19(26)18-6-5-13-27-18;/h5-6,13,16-17,25H,4,7-12,14-15H2,1-3H3,(H,21,22);1H. The molecule has 7 nitrogen and oxygen atoms in total. The molecule has 1 amide bonds. The Hall–Kier alpha value is -1.29. The van der Waals surface area contributed by atoms with Gasteiger partial charge in [0.15, 0.2) is 11.7 Å². The molecule has 1 atom stereocenters. The summed E-state index contributed by atoms with van der Waals surface area (Å²) < 4.78 is 5.22. The first-order valence-electron chi connectivity index (χ1n) is 10.0. The van der Waals surface area contributed by atoms with Gasteiger partial charge in [0.05, 0.1) is 6.26 Å². The molecule has 2 rings (SSSR count). The smallest absolute Gasteiger partial charge is 0.289 e. The van der Waals surface area contributed by atoms with Crippen molar-refractivity contribution in [2.45, 2.75) is 33.6 Å². The topological polar surface area (TPSA) is 81.3 Å². The van der Waals surface area contributed by atoms with Gasteiger partial charge in [0.1, 0.15) is 0 Å². The number of aliphatic hydroxyl groups is 1. The monoisotopic (exact) mass is 506 g/mol. The Balaban J connectivity index is 0.00000392. The molecule has 1 unspecified atom stereocenters. The Bertz CT molecular complexity index is 584. The van der Waals surface area contributed by atoms with E-state index in [9.17, 15) is 9.90 Å². The summed E-state index contributed by atoms with van der Waals surface area (Å²) in [7, 11) is 0. The number of carbonyl (C=O) groups is 1. The minimum Gasteiger partial charge on any atom is -0.459 e. The van der Waals surface area contributed by atoms with E-state index < -0.39 is 0 Å². The van der Waals surface area contributed by atoms with Crippen LogP contribution in [0, 0.1) is 11.8 Å². The Morgan fingerprint density at radius 3 is 2.50 bits per heavy atom. The summed E-state index contributed by atoms with van der Waals surface area (Å²) in [5, 5.41) is 12.7. The molecule has 0 spiro atoms. The van der Waals surface area contributed by atoms with Gasteiger partial charge in [0.25, 0.3) is 5.91 Å². The number of hydrogen-bond donors (Lipinski definition) is 2. The number of amides is 1. The van der Waals surface area contributed by atoms with E-state index in [1.54, 1.807) is 12.1 Å². The highest BCUT2D eigenvalue weighted by molar-refractivity contribution is 14.0. The molecule has 0 aromatic carbocycles. The highest BCUT2D eigenvalue weighted by Crippen LogP contribution is 2.16.